The van der Waals surface area contributed by atoms with E-state index >= 15 is 0 Å². The number of nitrogens with zero attached hydrogens (tertiary/aromatic N) is 2. The first-order valence-electron chi connectivity index (χ1n) is 9.66. The third-order valence-electron chi connectivity index (χ3n) is 4.88. The van der Waals surface area contributed by atoms with Crippen molar-refractivity contribution in [1.29, 1.82) is 0 Å². The summed E-state index contributed by atoms with van der Waals surface area (Å²) in [7, 11) is 0. The molecule has 0 radical (unpaired) electrons. The maximum Gasteiger partial charge on any atom is 0.262 e. The Labute approximate surface area is 172 Å². The lowest BCUT2D eigenvalue weighted by molar-refractivity contribution is -0.118. The van der Waals surface area contributed by atoms with Crippen molar-refractivity contribution < 1.29 is 9.53 Å². The van der Waals surface area contributed by atoms with E-state index in [2.05, 4.69) is 22.0 Å². The van der Waals surface area contributed by atoms with Crippen molar-refractivity contribution in [3.8, 4) is 5.75 Å². The van der Waals surface area contributed by atoms with Crippen LogP contribution < -0.4 is 10.1 Å². The van der Waals surface area contributed by atoms with E-state index in [1.165, 1.54) is 0 Å². The number of likely N-dealkylation sites (N-methyl/N-ethyl adjacent to an activating group) is 1. The average molecular weight is 398 g/mol. The number of amides is 1. The molecule has 3 rings (SSSR count). The number of anilines is 1. The van der Waals surface area contributed by atoms with Gasteiger partial charge in [-0.1, -0.05) is 31.3 Å². The number of carbonyl (C=O) groups excluding carboxylic acids is 1. The number of benzene rings is 2. The van der Waals surface area contributed by atoms with E-state index in [1.54, 1.807) is 0 Å². The zero-order valence-corrected chi connectivity index (χ0v) is 17.3. The van der Waals surface area contributed by atoms with E-state index in [0.717, 1.165) is 54.5 Å². The molecule has 1 N–H and O–H groups in total. The molecule has 1 fully saturated rings. The van der Waals surface area contributed by atoms with Crippen LogP contribution in [0, 0.1) is 6.92 Å². The van der Waals surface area contributed by atoms with E-state index in [4.69, 9.17) is 17.0 Å². The minimum Gasteiger partial charge on any atom is -0.484 e. The summed E-state index contributed by atoms with van der Waals surface area (Å²) in [6, 6.07) is 15.3. The molecule has 0 bridgehead atoms. The first kappa shape index (κ1) is 20.3. The standard InChI is InChI=1S/C22H27N3O2S/c1-3-24-11-13-25(14-12-24)22(28)18-7-9-20(10-8-18)27-16-21(26)23-19-6-4-5-17(2)15-19/h4-10,15H,3,11-14,16H2,1-2H3,(H,23,26). The Bertz CT molecular complexity index is 815. The van der Waals surface area contributed by atoms with Crippen LogP contribution >= 0.6 is 12.2 Å². The first-order valence-corrected chi connectivity index (χ1v) is 10.1. The highest BCUT2D eigenvalue weighted by Gasteiger charge is 2.18. The van der Waals surface area contributed by atoms with Crippen LogP contribution in [0.25, 0.3) is 0 Å². The Morgan fingerprint density at radius 2 is 1.82 bits per heavy atom. The molecular formula is C22H27N3O2S. The summed E-state index contributed by atoms with van der Waals surface area (Å²) in [5.41, 5.74) is 2.88. The van der Waals surface area contributed by atoms with Crippen LogP contribution in [0.3, 0.4) is 0 Å². The summed E-state index contributed by atoms with van der Waals surface area (Å²) in [5, 5.41) is 2.84. The van der Waals surface area contributed by atoms with Gasteiger partial charge >= 0.3 is 0 Å². The molecule has 1 heterocycles. The van der Waals surface area contributed by atoms with Crippen LogP contribution in [0.5, 0.6) is 5.75 Å². The van der Waals surface area contributed by atoms with Gasteiger partial charge in [-0.2, -0.15) is 0 Å². The van der Waals surface area contributed by atoms with Crippen molar-refractivity contribution in [3.05, 3.63) is 59.7 Å². The summed E-state index contributed by atoms with van der Waals surface area (Å²) in [5.74, 6) is 0.473. The van der Waals surface area contributed by atoms with Crippen LogP contribution in [-0.2, 0) is 4.79 Å². The van der Waals surface area contributed by atoms with Crippen LogP contribution in [0.1, 0.15) is 18.1 Å². The van der Waals surface area contributed by atoms with Crippen molar-refractivity contribution in [3.63, 3.8) is 0 Å². The smallest absolute Gasteiger partial charge is 0.262 e. The second-order valence-electron chi connectivity index (χ2n) is 6.96. The van der Waals surface area contributed by atoms with Gasteiger partial charge in [-0.25, -0.2) is 0 Å². The molecule has 28 heavy (non-hydrogen) atoms. The fourth-order valence-corrected chi connectivity index (χ4v) is 3.53. The molecule has 0 aliphatic carbocycles. The SMILES string of the molecule is CCN1CCN(C(=S)c2ccc(OCC(=O)Nc3cccc(C)c3)cc2)CC1. The van der Waals surface area contributed by atoms with E-state index in [9.17, 15) is 4.79 Å². The van der Waals surface area contributed by atoms with Crippen molar-refractivity contribution >= 4 is 28.8 Å². The highest BCUT2D eigenvalue weighted by Crippen LogP contribution is 2.16. The van der Waals surface area contributed by atoms with Crippen LogP contribution in [0.2, 0.25) is 0 Å². The zero-order chi connectivity index (χ0) is 19.9. The van der Waals surface area contributed by atoms with Crippen molar-refractivity contribution in [1.82, 2.24) is 9.80 Å². The molecule has 1 amide bonds. The van der Waals surface area contributed by atoms with Gasteiger partial charge in [-0.3, -0.25) is 4.79 Å². The largest absolute Gasteiger partial charge is 0.484 e. The van der Waals surface area contributed by atoms with Crippen LogP contribution in [0.15, 0.2) is 48.5 Å². The summed E-state index contributed by atoms with van der Waals surface area (Å²) in [6.45, 7) is 9.26. The second-order valence-corrected chi connectivity index (χ2v) is 7.34. The van der Waals surface area contributed by atoms with Gasteiger partial charge in [0.15, 0.2) is 6.61 Å². The fourth-order valence-electron chi connectivity index (χ4n) is 3.21. The first-order chi connectivity index (χ1) is 13.5. The topological polar surface area (TPSA) is 44.8 Å². The number of rotatable bonds is 6. The predicted molar refractivity (Wildman–Crippen MR) is 117 cm³/mol. The molecule has 1 aliphatic heterocycles. The van der Waals surface area contributed by atoms with Gasteiger partial charge in [0.25, 0.3) is 5.91 Å². The normalized spacial score (nSPS) is 14.6. The highest BCUT2D eigenvalue weighted by atomic mass is 32.1. The molecule has 2 aromatic rings. The Balaban J connectivity index is 1.49. The minimum atomic E-state index is -0.181. The number of aryl methyl sites for hydroxylation is 1. The third kappa shape index (κ3) is 5.53. The van der Waals surface area contributed by atoms with E-state index in [0.29, 0.717) is 5.75 Å². The zero-order valence-electron chi connectivity index (χ0n) is 16.5. The molecule has 6 heteroatoms. The maximum absolute atomic E-state index is 12.1. The fraction of sp³-hybridized carbons (Fsp3) is 0.364. The Morgan fingerprint density at radius 3 is 2.46 bits per heavy atom. The van der Waals surface area contributed by atoms with Gasteiger partial charge in [-0.15, -0.1) is 0 Å². The number of carbonyl (C=O) groups is 1. The Morgan fingerprint density at radius 1 is 1.11 bits per heavy atom. The number of thiocarbonyl (C=S) groups is 1. The summed E-state index contributed by atoms with van der Waals surface area (Å²) in [6.07, 6.45) is 0. The highest BCUT2D eigenvalue weighted by molar-refractivity contribution is 7.80. The number of hydrogen-bond donors (Lipinski definition) is 1. The Kier molecular flexibility index (Phi) is 7.01. The van der Waals surface area contributed by atoms with E-state index in [1.807, 2.05) is 55.5 Å². The van der Waals surface area contributed by atoms with E-state index < -0.39 is 0 Å². The molecule has 2 aromatic carbocycles. The van der Waals surface area contributed by atoms with Gasteiger partial charge < -0.3 is 19.9 Å². The summed E-state index contributed by atoms with van der Waals surface area (Å²) in [4.78, 5) is 17.6. The third-order valence-corrected chi connectivity index (χ3v) is 5.37. The summed E-state index contributed by atoms with van der Waals surface area (Å²) < 4.78 is 5.60. The van der Waals surface area contributed by atoms with Gasteiger partial charge in [0.1, 0.15) is 10.7 Å². The second kappa shape index (κ2) is 9.66. The van der Waals surface area contributed by atoms with E-state index in [-0.39, 0.29) is 12.5 Å². The van der Waals surface area contributed by atoms with Gasteiger partial charge in [0.05, 0.1) is 0 Å². The van der Waals surface area contributed by atoms with Gasteiger partial charge in [-0.05, 0) is 55.4 Å². The molecule has 0 atom stereocenters. The van der Waals surface area contributed by atoms with Crippen LogP contribution in [-0.4, -0.2) is 60.0 Å². The number of hydrogen-bond acceptors (Lipinski definition) is 4. The van der Waals surface area contributed by atoms with Gasteiger partial charge in [0.2, 0.25) is 0 Å². The molecule has 0 aromatic heterocycles. The molecular weight excluding hydrogens is 370 g/mol. The number of piperazine rings is 1. The number of nitrogens with one attached hydrogen (secondary N) is 1. The monoisotopic (exact) mass is 397 g/mol. The maximum atomic E-state index is 12.1. The lowest BCUT2D eigenvalue weighted by atomic mass is 10.2. The average Bonchev–Trinajstić information content (AvgIpc) is 2.72. The Hall–Kier alpha value is -2.44. The number of ether oxygens (including phenoxy) is 1. The molecule has 5 nitrogen and oxygen atoms in total. The van der Waals surface area contributed by atoms with Gasteiger partial charge in [0, 0.05) is 37.4 Å². The lowest BCUT2D eigenvalue weighted by Gasteiger charge is -2.35. The summed E-state index contributed by atoms with van der Waals surface area (Å²) >= 11 is 5.65. The molecule has 148 valence electrons. The quantitative estimate of drug-likeness (QED) is 0.758. The molecule has 0 unspecified atom stereocenters. The minimum absolute atomic E-state index is 0.0310. The van der Waals surface area contributed by atoms with Crippen molar-refractivity contribution in [2.24, 2.45) is 0 Å². The molecule has 0 spiro atoms. The van der Waals surface area contributed by atoms with Crippen molar-refractivity contribution in [2.45, 2.75) is 13.8 Å². The van der Waals surface area contributed by atoms with Crippen molar-refractivity contribution in [2.75, 3.05) is 44.6 Å². The molecule has 1 aliphatic rings. The lowest BCUT2D eigenvalue weighted by Crippen LogP contribution is -2.48. The molecule has 1 saturated heterocycles. The van der Waals surface area contributed by atoms with Crippen LogP contribution in [0.4, 0.5) is 5.69 Å². The molecule has 0 saturated carbocycles. The predicted octanol–water partition coefficient (Wildman–Crippen LogP) is 3.33.